The number of carboxylic acid groups (broad SMARTS) is 1. The second kappa shape index (κ2) is 9.89. The van der Waals surface area contributed by atoms with Crippen LogP contribution in [0.25, 0.3) is 22.0 Å². The number of urea groups is 1. The van der Waals surface area contributed by atoms with Gasteiger partial charge in [-0.1, -0.05) is 69.3 Å². The van der Waals surface area contributed by atoms with Gasteiger partial charge in [0.15, 0.2) is 0 Å². The van der Waals surface area contributed by atoms with E-state index in [1.165, 1.54) is 0 Å². The molecule has 0 bridgehead atoms. The molecule has 7 nitrogen and oxygen atoms in total. The number of fused-ring (bicyclic) bond motifs is 1. The fraction of sp³-hybridized carbons (Fsp3) is 0.290. The molecule has 7 heteroatoms. The molecule has 3 aromatic carbocycles. The summed E-state index contributed by atoms with van der Waals surface area (Å²) in [6, 6.07) is 21.1. The molecule has 5 rings (SSSR count). The van der Waals surface area contributed by atoms with Gasteiger partial charge in [0.25, 0.3) is 0 Å². The number of hydrogen-bond acceptors (Lipinski definition) is 3. The number of aromatic carboxylic acids is 1. The molecule has 3 N–H and O–H groups in total. The van der Waals surface area contributed by atoms with E-state index in [1.807, 2.05) is 54.6 Å². The van der Waals surface area contributed by atoms with E-state index in [9.17, 15) is 14.7 Å². The molecule has 1 saturated carbocycles. The summed E-state index contributed by atoms with van der Waals surface area (Å²) in [5, 5.41) is 17.2. The van der Waals surface area contributed by atoms with Gasteiger partial charge in [0.05, 0.1) is 18.3 Å². The lowest BCUT2D eigenvalue weighted by Gasteiger charge is -2.19. The van der Waals surface area contributed by atoms with Gasteiger partial charge in [-0.25, -0.2) is 9.59 Å². The predicted octanol–water partition coefficient (Wildman–Crippen LogP) is 6.64. The third-order valence-electron chi connectivity index (χ3n) is 6.96. The minimum absolute atomic E-state index is 0.0273. The minimum atomic E-state index is -1.03. The molecular weight excluding hydrogens is 478 g/mol. The zero-order valence-corrected chi connectivity index (χ0v) is 22.2. The summed E-state index contributed by atoms with van der Waals surface area (Å²) >= 11 is 0. The van der Waals surface area contributed by atoms with Gasteiger partial charge in [0, 0.05) is 23.5 Å². The molecule has 1 aliphatic carbocycles. The van der Waals surface area contributed by atoms with E-state index in [4.69, 9.17) is 4.74 Å². The molecule has 38 heavy (non-hydrogen) atoms. The van der Waals surface area contributed by atoms with Crippen molar-refractivity contribution in [1.82, 2.24) is 9.88 Å². The molecule has 196 valence electrons. The normalized spacial score (nSPS) is 13.4. The smallest absolute Gasteiger partial charge is 0.353 e. The number of carbonyl (C=O) groups excluding carboxylic acids is 1. The average molecular weight is 512 g/mol. The summed E-state index contributed by atoms with van der Waals surface area (Å²) < 4.78 is 7.18. The van der Waals surface area contributed by atoms with Crippen LogP contribution in [-0.2, 0) is 12.0 Å². The number of carbonyl (C=O) groups is 2. The first-order chi connectivity index (χ1) is 18.2. The lowest BCUT2D eigenvalue weighted by atomic mass is 9.86. The number of nitrogens with zero attached hydrogens (tertiary/aromatic N) is 1. The van der Waals surface area contributed by atoms with E-state index in [1.54, 1.807) is 11.7 Å². The number of methoxy groups -OCH3 is 1. The highest BCUT2D eigenvalue weighted by Crippen LogP contribution is 2.40. The van der Waals surface area contributed by atoms with Crippen molar-refractivity contribution < 1.29 is 19.4 Å². The monoisotopic (exact) mass is 511 g/mol. The van der Waals surface area contributed by atoms with E-state index in [-0.39, 0.29) is 23.2 Å². The summed E-state index contributed by atoms with van der Waals surface area (Å²) in [7, 11) is 1.60. The number of hydrogen-bond donors (Lipinski definition) is 3. The van der Waals surface area contributed by atoms with Crippen molar-refractivity contribution in [3.63, 3.8) is 0 Å². The Kier molecular flexibility index (Phi) is 6.61. The number of benzene rings is 3. The van der Waals surface area contributed by atoms with Crippen molar-refractivity contribution in [3.8, 4) is 16.9 Å². The fourth-order valence-electron chi connectivity index (χ4n) is 4.85. The SMILES string of the molecule is COc1cccc(Cn2c(C(=O)O)c(-c3ccc(C(C)(C)C)cc3)c3cccc(NC(=O)NC4CC4)c32)c1. The van der Waals surface area contributed by atoms with Crippen LogP contribution in [0, 0.1) is 0 Å². The molecule has 1 heterocycles. The maximum absolute atomic E-state index is 12.9. The highest BCUT2D eigenvalue weighted by molar-refractivity contribution is 6.13. The maximum atomic E-state index is 12.9. The number of aromatic nitrogens is 1. The van der Waals surface area contributed by atoms with E-state index in [0.29, 0.717) is 29.1 Å². The highest BCUT2D eigenvalue weighted by Gasteiger charge is 2.27. The van der Waals surface area contributed by atoms with Gasteiger partial charge < -0.3 is 25.0 Å². The molecule has 0 unspecified atom stereocenters. The molecule has 0 atom stereocenters. The Hall–Kier alpha value is -4.26. The Labute approximate surface area is 222 Å². The van der Waals surface area contributed by atoms with Gasteiger partial charge in [-0.05, 0) is 53.1 Å². The van der Waals surface area contributed by atoms with Crippen LogP contribution in [0.15, 0.2) is 66.7 Å². The van der Waals surface area contributed by atoms with Crippen molar-refractivity contribution in [2.24, 2.45) is 0 Å². The van der Waals surface area contributed by atoms with Crippen LogP contribution >= 0.6 is 0 Å². The molecule has 2 amide bonds. The van der Waals surface area contributed by atoms with Gasteiger partial charge in [0.2, 0.25) is 0 Å². The van der Waals surface area contributed by atoms with Gasteiger partial charge in [-0.15, -0.1) is 0 Å². The number of carboxylic acids is 1. The first-order valence-corrected chi connectivity index (χ1v) is 12.9. The summed E-state index contributed by atoms with van der Waals surface area (Å²) in [6.07, 6.45) is 1.95. The molecule has 0 aliphatic heterocycles. The molecule has 0 saturated heterocycles. The molecule has 4 aromatic rings. The largest absolute Gasteiger partial charge is 0.497 e. The number of nitrogens with one attached hydrogen (secondary N) is 2. The zero-order valence-electron chi connectivity index (χ0n) is 22.2. The number of para-hydroxylation sites is 1. The van der Waals surface area contributed by atoms with Crippen LogP contribution in [0.2, 0.25) is 0 Å². The van der Waals surface area contributed by atoms with Gasteiger partial charge >= 0.3 is 12.0 Å². The Bertz CT molecular complexity index is 1510. The highest BCUT2D eigenvalue weighted by atomic mass is 16.5. The zero-order chi connectivity index (χ0) is 27.0. The lowest BCUT2D eigenvalue weighted by molar-refractivity contribution is 0.0687. The lowest BCUT2D eigenvalue weighted by Crippen LogP contribution is -2.30. The molecule has 1 aromatic heterocycles. The first-order valence-electron chi connectivity index (χ1n) is 12.9. The van der Waals surface area contributed by atoms with Crippen molar-refractivity contribution in [2.75, 3.05) is 12.4 Å². The van der Waals surface area contributed by atoms with Crippen LogP contribution in [0.3, 0.4) is 0 Å². The number of ether oxygens (including phenoxy) is 1. The number of anilines is 1. The van der Waals surface area contributed by atoms with Crippen molar-refractivity contribution in [3.05, 3.63) is 83.6 Å². The molecule has 1 aliphatic rings. The van der Waals surface area contributed by atoms with E-state index >= 15 is 0 Å². The van der Waals surface area contributed by atoms with Crippen LogP contribution < -0.4 is 15.4 Å². The van der Waals surface area contributed by atoms with E-state index in [0.717, 1.165) is 34.9 Å². The van der Waals surface area contributed by atoms with Crippen LogP contribution in [0.1, 0.15) is 55.2 Å². The standard InChI is InChI=1S/C31H33N3O4/c1-31(2,3)21-13-11-20(12-14-21)26-24-9-6-10-25(33-30(37)32-22-15-16-22)27(24)34(28(26)29(35)36)18-19-7-5-8-23(17-19)38-4/h5-14,17,22H,15-16,18H2,1-4H3,(H,35,36)(H2,32,33,37). The minimum Gasteiger partial charge on any atom is -0.497 e. The Morgan fingerprint density at radius 3 is 2.37 bits per heavy atom. The fourth-order valence-corrected chi connectivity index (χ4v) is 4.85. The topological polar surface area (TPSA) is 92.6 Å². The third-order valence-corrected chi connectivity index (χ3v) is 6.96. The Morgan fingerprint density at radius 1 is 1.03 bits per heavy atom. The predicted molar refractivity (Wildman–Crippen MR) is 150 cm³/mol. The van der Waals surface area contributed by atoms with Gasteiger partial charge in [-0.2, -0.15) is 0 Å². The van der Waals surface area contributed by atoms with Crippen molar-refractivity contribution in [2.45, 2.75) is 51.6 Å². The Balaban J connectivity index is 1.72. The van der Waals surface area contributed by atoms with Crippen molar-refractivity contribution in [1.29, 1.82) is 0 Å². The summed E-state index contributed by atoms with van der Waals surface area (Å²) in [6.45, 7) is 6.73. The summed E-state index contributed by atoms with van der Waals surface area (Å²) in [5.74, 6) is -0.344. The van der Waals surface area contributed by atoms with Gasteiger partial charge in [-0.3, -0.25) is 0 Å². The quantitative estimate of drug-likeness (QED) is 0.259. The maximum Gasteiger partial charge on any atom is 0.353 e. The van der Waals surface area contributed by atoms with Crippen molar-refractivity contribution >= 4 is 28.6 Å². The number of amides is 2. The van der Waals surface area contributed by atoms with E-state index in [2.05, 4.69) is 43.5 Å². The molecule has 0 radical (unpaired) electrons. The second-order valence-electron chi connectivity index (χ2n) is 10.9. The number of rotatable bonds is 7. The summed E-state index contributed by atoms with van der Waals surface area (Å²) in [4.78, 5) is 25.6. The van der Waals surface area contributed by atoms with Gasteiger partial charge in [0.1, 0.15) is 11.4 Å². The second-order valence-corrected chi connectivity index (χ2v) is 10.9. The van der Waals surface area contributed by atoms with Crippen LogP contribution in [-0.4, -0.2) is 34.8 Å². The average Bonchev–Trinajstić information content (AvgIpc) is 3.63. The van der Waals surface area contributed by atoms with E-state index < -0.39 is 5.97 Å². The first kappa shape index (κ1) is 25.4. The molecule has 0 spiro atoms. The van der Waals surface area contributed by atoms with Crippen LogP contribution in [0.4, 0.5) is 10.5 Å². The third kappa shape index (κ3) is 5.09. The Morgan fingerprint density at radius 2 is 1.74 bits per heavy atom. The molecular formula is C31H33N3O4. The molecule has 1 fully saturated rings. The van der Waals surface area contributed by atoms with Crippen LogP contribution in [0.5, 0.6) is 5.75 Å². The summed E-state index contributed by atoms with van der Waals surface area (Å²) in [5.41, 5.74) is 4.85.